The predicted octanol–water partition coefficient (Wildman–Crippen LogP) is 2.84. The van der Waals surface area contributed by atoms with Crippen molar-refractivity contribution in [2.45, 2.75) is 31.8 Å². The standard InChI is InChI=1S/C16H19N3O2/c20-16(21)13-6-4-12(5-7-13)11-19-10-2-1-3-15(19)14-8-9-17-18-14/h4-9,15H,1-3,10-11H2,(H,17,18)(H,20,21). The summed E-state index contributed by atoms with van der Waals surface area (Å²) in [6.45, 7) is 1.90. The van der Waals surface area contributed by atoms with E-state index < -0.39 is 5.97 Å². The van der Waals surface area contributed by atoms with Crippen molar-refractivity contribution >= 4 is 5.97 Å². The van der Waals surface area contributed by atoms with Crippen molar-refractivity contribution in [2.75, 3.05) is 6.54 Å². The van der Waals surface area contributed by atoms with Gasteiger partial charge in [-0.2, -0.15) is 5.10 Å². The van der Waals surface area contributed by atoms with E-state index in [1.165, 1.54) is 12.8 Å². The van der Waals surface area contributed by atoms with Gasteiger partial charge in [0.25, 0.3) is 0 Å². The fraction of sp³-hybridized carbons (Fsp3) is 0.375. The summed E-state index contributed by atoms with van der Waals surface area (Å²) in [6.07, 6.45) is 5.37. The minimum absolute atomic E-state index is 0.336. The lowest BCUT2D eigenvalue weighted by Gasteiger charge is -2.35. The van der Waals surface area contributed by atoms with E-state index in [1.54, 1.807) is 18.3 Å². The highest BCUT2D eigenvalue weighted by atomic mass is 16.4. The molecule has 0 amide bonds. The molecular weight excluding hydrogens is 266 g/mol. The van der Waals surface area contributed by atoms with E-state index in [9.17, 15) is 4.79 Å². The molecule has 2 heterocycles. The van der Waals surface area contributed by atoms with Crippen LogP contribution in [0.5, 0.6) is 0 Å². The number of piperidine rings is 1. The van der Waals surface area contributed by atoms with Crippen molar-refractivity contribution < 1.29 is 9.90 Å². The third-order valence-electron chi connectivity index (χ3n) is 4.08. The fourth-order valence-corrected chi connectivity index (χ4v) is 2.97. The lowest BCUT2D eigenvalue weighted by Crippen LogP contribution is -2.33. The second kappa shape index (κ2) is 6.10. The van der Waals surface area contributed by atoms with E-state index in [-0.39, 0.29) is 0 Å². The number of nitrogens with one attached hydrogen (secondary N) is 1. The number of hydrogen-bond donors (Lipinski definition) is 2. The lowest BCUT2D eigenvalue weighted by molar-refractivity contribution is 0.0697. The van der Waals surface area contributed by atoms with Gasteiger partial charge in [-0.1, -0.05) is 18.6 Å². The van der Waals surface area contributed by atoms with Crippen LogP contribution >= 0.6 is 0 Å². The van der Waals surface area contributed by atoms with Crippen LogP contribution < -0.4 is 0 Å². The SMILES string of the molecule is O=C(O)c1ccc(CN2CCCCC2c2ccn[nH]2)cc1. The highest BCUT2D eigenvalue weighted by molar-refractivity contribution is 5.87. The van der Waals surface area contributed by atoms with Gasteiger partial charge < -0.3 is 5.11 Å². The molecule has 0 spiro atoms. The lowest BCUT2D eigenvalue weighted by atomic mass is 9.98. The summed E-state index contributed by atoms with van der Waals surface area (Å²) in [6, 6.07) is 9.57. The van der Waals surface area contributed by atoms with Gasteiger partial charge in [-0.3, -0.25) is 10.00 Å². The predicted molar refractivity (Wildman–Crippen MR) is 79.0 cm³/mol. The van der Waals surface area contributed by atoms with Gasteiger partial charge in [0, 0.05) is 12.7 Å². The summed E-state index contributed by atoms with van der Waals surface area (Å²) >= 11 is 0. The third-order valence-corrected chi connectivity index (χ3v) is 4.08. The van der Waals surface area contributed by atoms with Crippen molar-refractivity contribution in [3.05, 3.63) is 53.3 Å². The maximum Gasteiger partial charge on any atom is 0.335 e. The summed E-state index contributed by atoms with van der Waals surface area (Å²) in [4.78, 5) is 13.3. The van der Waals surface area contributed by atoms with E-state index in [1.807, 2.05) is 18.2 Å². The molecule has 0 radical (unpaired) electrons. The van der Waals surface area contributed by atoms with Crippen LogP contribution in [0.3, 0.4) is 0 Å². The summed E-state index contributed by atoms with van der Waals surface area (Å²) < 4.78 is 0. The molecule has 3 rings (SSSR count). The van der Waals surface area contributed by atoms with Crippen LogP contribution in [-0.4, -0.2) is 32.7 Å². The Balaban J connectivity index is 1.74. The molecule has 21 heavy (non-hydrogen) atoms. The van der Waals surface area contributed by atoms with Crippen LogP contribution in [-0.2, 0) is 6.54 Å². The van der Waals surface area contributed by atoms with E-state index in [4.69, 9.17) is 5.11 Å². The zero-order chi connectivity index (χ0) is 14.7. The molecule has 2 aromatic rings. The summed E-state index contributed by atoms with van der Waals surface area (Å²) in [5.74, 6) is -0.880. The van der Waals surface area contributed by atoms with Gasteiger partial charge in [-0.15, -0.1) is 0 Å². The van der Waals surface area contributed by atoms with E-state index in [0.717, 1.165) is 30.8 Å². The Kier molecular flexibility index (Phi) is 4.01. The number of aromatic carboxylic acids is 1. The monoisotopic (exact) mass is 285 g/mol. The van der Waals surface area contributed by atoms with Crippen molar-refractivity contribution in [1.29, 1.82) is 0 Å². The average molecular weight is 285 g/mol. The Bertz CT molecular complexity index is 592. The number of nitrogens with zero attached hydrogens (tertiary/aromatic N) is 2. The molecule has 5 nitrogen and oxygen atoms in total. The highest BCUT2D eigenvalue weighted by Gasteiger charge is 2.24. The summed E-state index contributed by atoms with van der Waals surface area (Å²) in [5.41, 5.74) is 2.64. The second-order valence-electron chi connectivity index (χ2n) is 5.50. The topological polar surface area (TPSA) is 69.2 Å². The van der Waals surface area contributed by atoms with Crippen LogP contribution in [0, 0.1) is 0 Å². The molecule has 110 valence electrons. The number of aromatic nitrogens is 2. The van der Waals surface area contributed by atoms with Crippen molar-refractivity contribution in [2.24, 2.45) is 0 Å². The maximum atomic E-state index is 10.9. The number of benzene rings is 1. The number of carbonyl (C=O) groups is 1. The number of likely N-dealkylation sites (tertiary alicyclic amines) is 1. The molecule has 1 aromatic heterocycles. The largest absolute Gasteiger partial charge is 0.478 e. The Morgan fingerprint density at radius 1 is 1.29 bits per heavy atom. The Morgan fingerprint density at radius 2 is 2.10 bits per heavy atom. The molecule has 5 heteroatoms. The first-order chi connectivity index (χ1) is 10.2. The summed E-state index contributed by atoms with van der Waals surface area (Å²) in [5, 5.41) is 16.1. The second-order valence-corrected chi connectivity index (χ2v) is 5.50. The minimum Gasteiger partial charge on any atom is -0.478 e. The number of carboxylic acid groups (broad SMARTS) is 1. The van der Waals surface area contributed by atoms with Crippen molar-refractivity contribution in [3.8, 4) is 0 Å². The summed E-state index contributed by atoms with van der Waals surface area (Å²) in [7, 11) is 0. The molecule has 1 unspecified atom stereocenters. The molecular formula is C16H19N3O2. The maximum absolute atomic E-state index is 10.9. The average Bonchev–Trinajstić information content (AvgIpc) is 3.02. The van der Waals surface area contributed by atoms with E-state index in [0.29, 0.717) is 11.6 Å². The molecule has 1 aliphatic rings. The van der Waals surface area contributed by atoms with E-state index >= 15 is 0 Å². The zero-order valence-electron chi connectivity index (χ0n) is 11.8. The van der Waals surface area contributed by atoms with Crippen LogP contribution in [0.25, 0.3) is 0 Å². The number of carboxylic acids is 1. The first-order valence-electron chi connectivity index (χ1n) is 7.29. The molecule has 1 fully saturated rings. The van der Waals surface area contributed by atoms with Gasteiger partial charge in [-0.05, 0) is 43.1 Å². The first kappa shape index (κ1) is 13.8. The normalized spacial score (nSPS) is 19.5. The third kappa shape index (κ3) is 3.13. The minimum atomic E-state index is -0.880. The van der Waals surface area contributed by atoms with Gasteiger partial charge >= 0.3 is 5.97 Å². The zero-order valence-corrected chi connectivity index (χ0v) is 11.8. The van der Waals surface area contributed by atoms with Gasteiger partial charge in [0.05, 0.1) is 17.3 Å². The molecule has 1 atom stereocenters. The molecule has 0 aliphatic carbocycles. The van der Waals surface area contributed by atoms with Crippen LogP contribution in [0.1, 0.15) is 46.9 Å². The molecule has 1 aromatic carbocycles. The van der Waals surface area contributed by atoms with Crippen molar-refractivity contribution in [3.63, 3.8) is 0 Å². The van der Waals surface area contributed by atoms with Crippen molar-refractivity contribution in [1.82, 2.24) is 15.1 Å². The Hall–Kier alpha value is -2.14. The van der Waals surface area contributed by atoms with Crippen LogP contribution in [0.4, 0.5) is 0 Å². The molecule has 1 saturated heterocycles. The molecule has 1 aliphatic heterocycles. The molecule has 0 saturated carbocycles. The number of aromatic amines is 1. The first-order valence-corrected chi connectivity index (χ1v) is 7.29. The highest BCUT2D eigenvalue weighted by Crippen LogP contribution is 2.30. The van der Waals surface area contributed by atoms with Gasteiger partial charge in [0.15, 0.2) is 0 Å². The Labute approximate surface area is 123 Å². The van der Waals surface area contributed by atoms with Gasteiger partial charge in [-0.25, -0.2) is 4.79 Å². The number of rotatable bonds is 4. The number of H-pyrrole nitrogens is 1. The Morgan fingerprint density at radius 3 is 2.76 bits per heavy atom. The van der Waals surface area contributed by atoms with E-state index in [2.05, 4.69) is 15.1 Å². The fourth-order valence-electron chi connectivity index (χ4n) is 2.97. The van der Waals surface area contributed by atoms with Gasteiger partial charge in [0.1, 0.15) is 0 Å². The van der Waals surface area contributed by atoms with Crippen LogP contribution in [0.2, 0.25) is 0 Å². The molecule has 0 bridgehead atoms. The number of hydrogen-bond acceptors (Lipinski definition) is 3. The quantitative estimate of drug-likeness (QED) is 0.906. The molecule has 2 N–H and O–H groups in total. The van der Waals surface area contributed by atoms with Gasteiger partial charge in [0.2, 0.25) is 0 Å². The van der Waals surface area contributed by atoms with Crippen LogP contribution in [0.15, 0.2) is 36.5 Å². The smallest absolute Gasteiger partial charge is 0.335 e.